The number of hydrogen-bond acceptors (Lipinski definition) is 7. The Hall–Kier alpha value is -1.78. The second-order valence-electron chi connectivity index (χ2n) is 4.67. The molecule has 0 amide bonds. The van der Waals surface area contributed by atoms with Crippen molar-refractivity contribution in [1.82, 2.24) is 4.98 Å². The van der Waals surface area contributed by atoms with E-state index < -0.39 is 10.2 Å². The van der Waals surface area contributed by atoms with Gasteiger partial charge in [-0.2, -0.15) is 0 Å². The number of nitrogens with zero attached hydrogens (tertiary/aromatic N) is 2. The molecular formula is C16H13Cl2CuN2O6+. The van der Waals surface area contributed by atoms with E-state index in [4.69, 9.17) is 30.2 Å². The smallest absolute Gasteiger partial charge is 0.872 e. The molecule has 0 unspecified atom stereocenters. The van der Waals surface area contributed by atoms with Crippen LogP contribution in [0.2, 0.25) is 5.02 Å². The molecule has 0 saturated carbocycles. The van der Waals surface area contributed by atoms with E-state index >= 15 is 0 Å². The van der Waals surface area contributed by atoms with Crippen LogP contribution in [0, 0.1) is 10.2 Å². The van der Waals surface area contributed by atoms with Crippen molar-refractivity contribution in [3.05, 3.63) is 65.3 Å². The van der Waals surface area contributed by atoms with E-state index in [1.54, 1.807) is 18.3 Å². The minimum atomic E-state index is -4.94. The predicted molar refractivity (Wildman–Crippen MR) is 84.8 cm³/mol. The second kappa shape index (κ2) is 11.2. The molecule has 0 atom stereocenters. The first-order valence-corrected chi connectivity index (χ1v) is 8.31. The average Bonchev–Trinajstić information content (AvgIpc) is 2.54. The van der Waals surface area contributed by atoms with Crippen LogP contribution in [-0.2, 0) is 22.5 Å². The van der Waals surface area contributed by atoms with Crippen molar-refractivity contribution in [1.29, 1.82) is 0 Å². The molecule has 0 aliphatic heterocycles. The summed E-state index contributed by atoms with van der Waals surface area (Å²) in [6.45, 7) is 0. The topological polar surface area (TPSA) is 174 Å². The first kappa shape index (κ1) is 25.2. The Kier molecular flexibility index (Phi) is 10.4. The number of pyridine rings is 1. The molecule has 0 spiro atoms. The van der Waals surface area contributed by atoms with Crippen molar-refractivity contribution < 1.29 is 56.5 Å². The quantitative estimate of drug-likeness (QED) is 0.242. The molecule has 3 aromatic rings. The van der Waals surface area contributed by atoms with Crippen LogP contribution in [0.4, 0.5) is 5.69 Å². The Morgan fingerprint density at radius 1 is 1.00 bits per heavy atom. The van der Waals surface area contributed by atoms with E-state index in [0.717, 1.165) is 16.6 Å². The zero-order chi connectivity index (χ0) is 18.4. The maximum atomic E-state index is 11.7. The van der Waals surface area contributed by atoms with Crippen LogP contribution in [0.25, 0.3) is 10.9 Å². The van der Waals surface area contributed by atoms with Gasteiger partial charge in [-0.25, -0.2) is 18.6 Å². The van der Waals surface area contributed by atoms with Gasteiger partial charge in [-0.05, 0) is 29.8 Å². The number of aliphatic imine (C=N–C) groups is 1. The molecule has 27 heavy (non-hydrogen) atoms. The number of fused-ring (bicyclic) bond motifs is 1. The second-order valence-corrected chi connectivity index (χ2v) is 5.86. The van der Waals surface area contributed by atoms with Gasteiger partial charge in [0.25, 0.3) is 0 Å². The van der Waals surface area contributed by atoms with Gasteiger partial charge in [0.1, 0.15) is 0 Å². The molecule has 1 radical (unpaired) electrons. The summed E-state index contributed by atoms with van der Waals surface area (Å²) in [6, 6.07) is 14.2. The van der Waals surface area contributed by atoms with Crippen LogP contribution in [0.1, 0.15) is 5.56 Å². The molecular weight excluding hydrogens is 451 g/mol. The van der Waals surface area contributed by atoms with Crippen LogP contribution in [0.5, 0.6) is 5.75 Å². The molecule has 0 saturated heterocycles. The average molecular weight is 464 g/mol. The van der Waals surface area contributed by atoms with Gasteiger partial charge in [0.15, 0.2) is 0 Å². The normalized spacial score (nSPS) is 10.6. The van der Waals surface area contributed by atoms with Crippen molar-refractivity contribution in [2.45, 2.75) is 0 Å². The molecule has 147 valence electrons. The summed E-state index contributed by atoms with van der Waals surface area (Å²) in [5.74, 6) is -0.105. The minimum absolute atomic E-state index is 0. The van der Waals surface area contributed by atoms with Gasteiger partial charge in [0, 0.05) is 22.8 Å². The van der Waals surface area contributed by atoms with E-state index in [2.05, 4.69) is 9.98 Å². The summed E-state index contributed by atoms with van der Waals surface area (Å²) in [6.07, 6.45) is 3.25. The molecule has 8 nitrogen and oxygen atoms in total. The number of aromatic nitrogens is 1. The standard InChI is InChI=1S/C16H11ClN2O.ClHO4.Cu.H2O/c17-13-6-7-15(20)12(9-13)10-19-14-5-1-3-11-4-2-8-18-16(11)14;2-1(3,4)5;;/h1-10,20H;(H,2,3,4,5);;1H2/q;;+2;/p-1. The summed E-state index contributed by atoms with van der Waals surface area (Å²) in [5.41, 5.74) is 1.99. The number of hydrogen-bond donors (Lipinski definition) is 0. The van der Waals surface area contributed by atoms with Crippen molar-refractivity contribution in [2.75, 3.05) is 0 Å². The van der Waals surface area contributed by atoms with Crippen LogP contribution in [-0.4, -0.2) is 11.2 Å². The first-order valence-electron chi connectivity index (χ1n) is 6.70. The molecule has 0 aliphatic rings. The van der Waals surface area contributed by atoms with E-state index in [0.29, 0.717) is 10.6 Å². The molecule has 0 bridgehead atoms. The molecule has 0 fully saturated rings. The van der Waals surface area contributed by atoms with Gasteiger partial charge < -0.3 is 10.6 Å². The number of rotatable bonds is 2. The summed E-state index contributed by atoms with van der Waals surface area (Å²) in [7, 11) is -4.94. The Bertz CT molecular complexity index is 894. The van der Waals surface area contributed by atoms with E-state index in [1.807, 2.05) is 30.3 Å². The van der Waals surface area contributed by atoms with Crippen LogP contribution >= 0.6 is 11.6 Å². The van der Waals surface area contributed by atoms with Crippen molar-refractivity contribution in [2.24, 2.45) is 4.99 Å². The van der Waals surface area contributed by atoms with Crippen LogP contribution in [0.3, 0.4) is 0 Å². The SMILES string of the molecule is [Cu+2].[O-][Cl+3]([O-])([O-])[O-].[O-]c1ccc(Cl)cc1C=Nc1cccc2cccnc12.[OH3+]. The van der Waals surface area contributed by atoms with Crippen molar-refractivity contribution in [3.63, 3.8) is 0 Å². The Morgan fingerprint density at radius 3 is 2.30 bits per heavy atom. The van der Waals surface area contributed by atoms with E-state index in [9.17, 15) is 5.11 Å². The van der Waals surface area contributed by atoms with Gasteiger partial charge in [-0.3, -0.25) is 9.98 Å². The van der Waals surface area contributed by atoms with E-state index in [1.165, 1.54) is 12.3 Å². The predicted octanol–water partition coefficient (Wildman–Crippen LogP) is -1.97. The molecule has 3 N–H and O–H groups in total. The third-order valence-electron chi connectivity index (χ3n) is 2.93. The third-order valence-corrected chi connectivity index (χ3v) is 3.16. The summed E-state index contributed by atoms with van der Waals surface area (Å²) < 4.78 is 34.0. The van der Waals surface area contributed by atoms with Gasteiger partial charge >= 0.3 is 17.1 Å². The fourth-order valence-electron chi connectivity index (χ4n) is 1.95. The van der Waals surface area contributed by atoms with E-state index in [-0.39, 0.29) is 28.3 Å². The molecule has 11 heteroatoms. The molecule has 0 aliphatic carbocycles. The van der Waals surface area contributed by atoms with Crippen LogP contribution in [0.15, 0.2) is 59.7 Å². The fraction of sp³-hybridized carbons (Fsp3) is 0. The minimum Gasteiger partial charge on any atom is -0.872 e. The molecule has 2 aromatic carbocycles. The number of halogens is 2. The maximum absolute atomic E-state index is 11.7. The van der Waals surface area contributed by atoms with Crippen molar-refractivity contribution >= 4 is 34.4 Å². The monoisotopic (exact) mass is 462 g/mol. The molecule has 3 rings (SSSR count). The van der Waals surface area contributed by atoms with Gasteiger partial charge in [-0.1, -0.05) is 41.6 Å². The Balaban J connectivity index is 0.000000864. The maximum Gasteiger partial charge on any atom is 2.00 e. The number of benzene rings is 2. The third kappa shape index (κ3) is 8.63. The first-order chi connectivity index (χ1) is 11.7. The summed E-state index contributed by atoms with van der Waals surface area (Å²) in [5, 5.41) is 13.2. The van der Waals surface area contributed by atoms with Crippen LogP contribution < -0.4 is 23.7 Å². The van der Waals surface area contributed by atoms with Gasteiger partial charge in [0.05, 0.1) is 11.2 Å². The zero-order valence-corrected chi connectivity index (χ0v) is 15.8. The Labute approximate surface area is 171 Å². The molecule has 1 heterocycles. The fourth-order valence-corrected chi connectivity index (χ4v) is 2.13. The number of para-hydroxylation sites is 1. The zero-order valence-electron chi connectivity index (χ0n) is 13.3. The van der Waals surface area contributed by atoms with Crippen molar-refractivity contribution in [3.8, 4) is 5.75 Å². The molecule has 1 aromatic heterocycles. The summed E-state index contributed by atoms with van der Waals surface area (Å²) in [4.78, 5) is 8.68. The van der Waals surface area contributed by atoms with Gasteiger partial charge in [0.2, 0.25) is 0 Å². The largest absolute Gasteiger partial charge is 2.00 e. The Morgan fingerprint density at radius 2 is 1.63 bits per heavy atom. The van der Waals surface area contributed by atoms with Gasteiger partial charge in [-0.15, -0.1) is 10.2 Å². The summed E-state index contributed by atoms with van der Waals surface area (Å²) >= 11 is 5.88.